The summed E-state index contributed by atoms with van der Waals surface area (Å²) in [5, 5.41) is 5.73. The van der Waals surface area contributed by atoms with Gasteiger partial charge in [0.2, 0.25) is 5.91 Å². The molecular weight excluding hydrogens is 307 g/mol. The van der Waals surface area contributed by atoms with Crippen molar-refractivity contribution in [3.63, 3.8) is 0 Å². The number of hydrogen-bond acceptors (Lipinski definition) is 2. The molecule has 2 amide bonds. The predicted octanol–water partition coefficient (Wildman–Crippen LogP) is 2.50. The van der Waals surface area contributed by atoms with E-state index >= 15 is 0 Å². The van der Waals surface area contributed by atoms with Crippen molar-refractivity contribution >= 4 is 11.8 Å². The van der Waals surface area contributed by atoms with Gasteiger partial charge in [-0.3, -0.25) is 9.59 Å². The maximum atomic E-state index is 13.1. The average molecular weight is 330 g/mol. The van der Waals surface area contributed by atoms with Crippen LogP contribution < -0.4 is 10.6 Å². The lowest BCUT2D eigenvalue weighted by Gasteiger charge is -2.54. The van der Waals surface area contributed by atoms with Gasteiger partial charge in [-0.05, 0) is 74.0 Å². The van der Waals surface area contributed by atoms with Crippen LogP contribution in [0.25, 0.3) is 0 Å². The summed E-state index contributed by atoms with van der Waals surface area (Å²) in [6.07, 6.45) is 6.36. The molecule has 1 aromatic rings. The minimum Gasteiger partial charge on any atom is -0.351 e. The molecule has 4 aliphatic rings. The normalized spacial score (nSPS) is 33.3. The second-order valence-electron chi connectivity index (χ2n) is 7.72. The van der Waals surface area contributed by atoms with Crippen molar-refractivity contribution in [1.82, 2.24) is 10.6 Å². The van der Waals surface area contributed by atoms with Crippen LogP contribution in [0.15, 0.2) is 24.3 Å². The maximum Gasteiger partial charge on any atom is 0.251 e. The van der Waals surface area contributed by atoms with Crippen molar-refractivity contribution in [3.8, 4) is 0 Å². The molecule has 4 aliphatic carbocycles. The number of benzene rings is 1. The van der Waals surface area contributed by atoms with Crippen molar-refractivity contribution in [3.05, 3.63) is 35.6 Å². The summed E-state index contributed by atoms with van der Waals surface area (Å²) >= 11 is 0. The summed E-state index contributed by atoms with van der Waals surface area (Å²) in [4.78, 5) is 24.2. The fourth-order valence-corrected chi connectivity index (χ4v) is 5.29. The van der Waals surface area contributed by atoms with Crippen molar-refractivity contribution in [2.45, 2.75) is 38.1 Å². The van der Waals surface area contributed by atoms with E-state index in [0.717, 1.165) is 11.8 Å². The molecule has 0 aromatic heterocycles. The van der Waals surface area contributed by atoms with Gasteiger partial charge in [-0.15, -0.1) is 0 Å². The maximum absolute atomic E-state index is 13.1. The molecule has 0 aliphatic heterocycles. The molecule has 0 saturated heterocycles. The molecule has 0 spiro atoms. The van der Waals surface area contributed by atoms with E-state index < -0.39 is 11.7 Å². The highest BCUT2D eigenvalue weighted by molar-refractivity contribution is 5.96. The van der Waals surface area contributed by atoms with Crippen LogP contribution in [-0.2, 0) is 4.79 Å². The van der Waals surface area contributed by atoms with Crippen molar-refractivity contribution < 1.29 is 14.0 Å². The Morgan fingerprint density at radius 1 is 1.04 bits per heavy atom. The zero-order valence-corrected chi connectivity index (χ0v) is 13.6. The molecule has 5 heteroatoms. The highest BCUT2D eigenvalue weighted by atomic mass is 19.1. The molecule has 4 bridgehead atoms. The van der Waals surface area contributed by atoms with E-state index in [9.17, 15) is 14.0 Å². The van der Waals surface area contributed by atoms with Crippen LogP contribution in [-0.4, -0.2) is 24.4 Å². The first kappa shape index (κ1) is 15.6. The minimum atomic E-state index is -0.458. The standard InChI is InChI=1S/C19H23FN2O2/c20-16-3-1-2-13(9-16)19(24)21-10-17(23)22-18-14-5-11-4-12(7-14)8-15(18)6-11/h1-3,9,11-12,14-15,18H,4-8,10H2,(H,21,24)(H,22,23). The molecular formula is C19H23FN2O2. The number of halogens is 1. The van der Waals surface area contributed by atoms with Crippen molar-refractivity contribution in [1.29, 1.82) is 0 Å². The largest absolute Gasteiger partial charge is 0.351 e. The summed E-state index contributed by atoms with van der Waals surface area (Å²) in [5.74, 6) is 1.95. The lowest BCUT2D eigenvalue weighted by molar-refractivity contribution is -0.124. The predicted molar refractivity (Wildman–Crippen MR) is 87.7 cm³/mol. The number of hydrogen-bond donors (Lipinski definition) is 2. The van der Waals surface area contributed by atoms with Crippen LogP contribution in [0.3, 0.4) is 0 Å². The molecule has 5 rings (SSSR count). The third-order valence-corrected chi connectivity index (χ3v) is 6.05. The number of amides is 2. The van der Waals surface area contributed by atoms with Gasteiger partial charge in [-0.2, -0.15) is 0 Å². The van der Waals surface area contributed by atoms with Crippen LogP contribution in [0.4, 0.5) is 4.39 Å². The Morgan fingerprint density at radius 3 is 2.33 bits per heavy atom. The fourth-order valence-electron chi connectivity index (χ4n) is 5.29. The average Bonchev–Trinajstić information content (AvgIpc) is 2.55. The van der Waals surface area contributed by atoms with Gasteiger partial charge in [0.1, 0.15) is 5.82 Å². The zero-order chi connectivity index (χ0) is 16.7. The molecule has 128 valence electrons. The number of carbonyl (C=O) groups is 2. The van der Waals surface area contributed by atoms with Crippen LogP contribution in [0.2, 0.25) is 0 Å². The lowest BCUT2D eigenvalue weighted by atomic mass is 9.54. The minimum absolute atomic E-state index is 0.0574. The van der Waals surface area contributed by atoms with E-state index in [4.69, 9.17) is 0 Å². The molecule has 0 unspecified atom stereocenters. The van der Waals surface area contributed by atoms with Crippen LogP contribution in [0.1, 0.15) is 42.5 Å². The van der Waals surface area contributed by atoms with Crippen molar-refractivity contribution in [2.24, 2.45) is 23.7 Å². The summed E-state index contributed by atoms with van der Waals surface area (Å²) in [6.45, 7) is -0.0574. The van der Waals surface area contributed by atoms with Gasteiger partial charge in [-0.25, -0.2) is 4.39 Å². The Labute approximate surface area is 141 Å². The van der Waals surface area contributed by atoms with Crippen LogP contribution in [0.5, 0.6) is 0 Å². The quantitative estimate of drug-likeness (QED) is 0.891. The first-order valence-electron chi connectivity index (χ1n) is 8.91. The summed E-state index contributed by atoms with van der Waals surface area (Å²) in [6, 6.07) is 5.75. The number of nitrogens with one attached hydrogen (secondary N) is 2. The summed E-state index contributed by atoms with van der Waals surface area (Å²) in [5.41, 5.74) is 0.234. The molecule has 24 heavy (non-hydrogen) atoms. The molecule has 0 heterocycles. The highest BCUT2D eigenvalue weighted by Gasteiger charge is 2.48. The van der Waals surface area contributed by atoms with E-state index in [1.165, 1.54) is 56.4 Å². The third kappa shape index (κ3) is 3.04. The van der Waals surface area contributed by atoms with E-state index in [1.54, 1.807) is 0 Å². The van der Waals surface area contributed by atoms with Crippen LogP contribution in [0, 0.1) is 29.5 Å². The summed E-state index contributed by atoms with van der Waals surface area (Å²) in [7, 11) is 0. The second kappa shape index (κ2) is 6.19. The van der Waals surface area contributed by atoms with Gasteiger partial charge in [0.15, 0.2) is 0 Å². The van der Waals surface area contributed by atoms with Gasteiger partial charge in [0.05, 0.1) is 6.54 Å². The zero-order valence-electron chi connectivity index (χ0n) is 13.6. The van der Waals surface area contributed by atoms with Gasteiger partial charge in [0, 0.05) is 11.6 Å². The topological polar surface area (TPSA) is 58.2 Å². The molecule has 4 fully saturated rings. The molecule has 0 radical (unpaired) electrons. The second-order valence-corrected chi connectivity index (χ2v) is 7.72. The smallest absolute Gasteiger partial charge is 0.251 e. The monoisotopic (exact) mass is 330 g/mol. The van der Waals surface area contributed by atoms with Gasteiger partial charge in [-0.1, -0.05) is 6.07 Å². The van der Waals surface area contributed by atoms with Gasteiger partial charge in [0.25, 0.3) is 5.91 Å². The van der Waals surface area contributed by atoms with E-state index in [1.807, 2.05) is 0 Å². The SMILES string of the molecule is O=C(CNC(=O)c1cccc(F)c1)NC1C2CC3CC(C2)CC1C3. The first-order chi connectivity index (χ1) is 11.6. The van der Waals surface area contributed by atoms with Crippen LogP contribution >= 0.6 is 0 Å². The van der Waals surface area contributed by atoms with Gasteiger partial charge >= 0.3 is 0 Å². The number of rotatable bonds is 4. The summed E-state index contributed by atoms with van der Waals surface area (Å²) < 4.78 is 13.1. The molecule has 4 saturated carbocycles. The first-order valence-corrected chi connectivity index (χ1v) is 8.91. The van der Waals surface area contributed by atoms with Gasteiger partial charge < -0.3 is 10.6 Å². The van der Waals surface area contributed by atoms with Crippen molar-refractivity contribution in [2.75, 3.05) is 6.54 Å². The Bertz CT molecular complexity index is 633. The number of carbonyl (C=O) groups excluding carboxylic acids is 2. The van der Waals surface area contributed by atoms with E-state index in [0.29, 0.717) is 11.8 Å². The Hall–Kier alpha value is -1.91. The molecule has 2 N–H and O–H groups in total. The molecule has 1 aromatic carbocycles. The Balaban J connectivity index is 1.30. The van der Waals surface area contributed by atoms with E-state index in [2.05, 4.69) is 10.6 Å². The third-order valence-electron chi connectivity index (χ3n) is 6.05. The van der Waals surface area contributed by atoms with E-state index in [-0.39, 0.29) is 24.1 Å². The fraction of sp³-hybridized carbons (Fsp3) is 0.579. The Kier molecular flexibility index (Phi) is 4.02. The molecule has 0 atom stereocenters. The Morgan fingerprint density at radius 2 is 1.71 bits per heavy atom. The lowest BCUT2D eigenvalue weighted by Crippen LogP contribution is -2.57. The highest BCUT2D eigenvalue weighted by Crippen LogP contribution is 2.53. The molecule has 4 nitrogen and oxygen atoms in total.